The Morgan fingerprint density at radius 1 is 1.52 bits per heavy atom. The first-order valence-electron chi connectivity index (χ1n) is 6.44. The van der Waals surface area contributed by atoms with E-state index >= 15 is 0 Å². The molecule has 0 spiro atoms. The van der Waals surface area contributed by atoms with Gasteiger partial charge in [0.15, 0.2) is 5.69 Å². The van der Waals surface area contributed by atoms with Crippen LogP contribution in [-0.2, 0) is 16.5 Å². The van der Waals surface area contributed by atoms with Crippen LogP contribution in [0, 0.1) is 6.92 Å². The molecule has 0 aliphatic carbocycles. The fourth-order valence-corrected chi connectivity index (χ4v) is 2.78. The topological polar surface area (TPSA) is 66.2 Å². The van der Waals surface area contributed by atoms with Crippen LogP contribution in [-0.4, -0.2) is 34.5 Å². The van der Waals surface area contributed by atoms with E-state index in [4.69, 9.17) is 9.47 Å². The molecule has 0 aliphatic rings. The Labute approximate surface area is 127 Å². The van der Waals surface area contributed by atoms with E-state index in [-0.39, 0.29) is 0 Å². The Morgan fingerprint density at radius 2 is 2.29 bits per heavy atom. The van der Waals surface area contributed by atoms with E-state index in [2.05, 4.69) is 10.1 Å². The lowest BCUT2D eigenvalue weighted by Crippen LogP contribution is -2.09. The minimum Gasteiger partial charge on any atom is -0.501 e. The molecule has 0 saturated heterocycles. The van der Waals surface area contributed by atoms with Crippen LogP contribution in [0.1, 0.15) is 28.0 Å². The fraction of sp³-hybridized carbons (Fsp3) is 0.357. The Balaban J connectivity index is 2.40. The summed E-state index contributed by atoms with van der Waals surface area (Å²) in [7, 11) is 3.05. The van der Waals surface area contributed by atoms with Crippen molar-refractivity contribution in [1.29, 1.82) is 0 Å². The molecule has 7 heteroatoms. The molecule has 6 nitrogen and oxygen atoms in total. The van der Waals surface area contributed by atoms with E-state index in [1.165, 1.54) is 23.1 Å². The van der Waals surface area contributed by atoms with Gasteiger partial charge in [0.1, 0.15) is 5.01 Å². The Bertz CT molecular complexity index is 673. The second kappa shape index (κ2) is 6.53. The molecule has 0 saturated carbocycles. The number of hydrogen-bond acceptors (Lipinski definition) is 6. The third-order valence-electron chi connectivity index (χ3n) is 2.86. The molecule has 112 valence electrons. The fourth-order valence-electron chi connectivity index (χ4n) is 1.82. The maximum atomic E-state index is 11.9. The van der Waals surface area contributed by atoms with Crippen LogP contribution >= 0.6 is 11.3 Å². The maximum absolute atomic E-state index is 11.9. The highest BCUT2D eigenvalue weighted by molar-refractivity contribution is 7.16. The van der Waals surface area contributed by atoms with E-state index < -0.39 is 5.97 Å². The van der Waals surface area contributed by atoms with Crippen molar-refractivity contribution in [3.8, 4) is 10.6 Å². The number of hydrogen-bond donors (Lipinski definition) is 0. The monoisotopic (exact) mass is 307 g/mol. The highest BCUT2D eigenvalue weighted by Gasteiger charge is 2.21. The summed E-state index contributed by atoms with van der Waals surface area (Å²) < 4.78 is 11.5. The van der Waals surface area contributed by atoms with Crippen molar-refractivity contribution in [2.75, 3.05) is 13.7 Å². The Hall–Kier alpha value is -2.15. The number of nitrogens with zero attached hydrogens (tertiary/aromatic N) is 3. The lowest BCUT2D eigenvalue weighted by molar-refractivity contribution is 0.0589. The highest BCUT2D eigenvalue weighted by Crippen LogP contribution is 2.31. The molecular weight excluding hydrogens is 290 g/mol. The van der Waals surface area contributed by atoms with Gasteiger partial charge in [0.2, 0.25) is 0 Å². The van der Waals surface area contributed by atoms with Crippen LogP contribution < -0.4 is 0 Å². The first-order valence-corrected chi connectivity index (χ1v) is 7.26. The average molecular weight is 307 g/mol. The van der Waals surface area contributed by atoms with Gasteiger partial charge in [0.25, 0.3) is 0 Å². The first kappa shape index (κ1) is 15.2. The zero-order chi connectivity index (χ0) is 15.4. The molecule has 0 aromatic carbocycles. The van der Waals surface area contributed by atoms with Gasteiger partial charge in [-0.15, -0.1) is 11.3 Å². The zero-order valence-corrected chi connectivity index (χ0v) is 13.2. The van der Waals surface area contributed by atoms with Gasteiger partial charge < -0.3 is 9.47 Å². The summed E-state index contributed by atoms with van der Waals surface area (Å²) >= 11 is 1.48. The van der Waals surface area contributed by atoms with Gasteiger partial charge in [-0.05, 0) is 19.9 Å². The van der Waals surface area contributed by atoms with E-state index in [0.29, 0.717) is 17.9 Å². The number of rotatable bonds is 5. The van der Waals surface area contributed by atoms with Crippen molar-refractivity contribution in [2.24, 2.45) is 7.05 Å². The summed E-state index contributed by atoms with van der Waals surface area (Å²) in [6.45, 7) is 4.46. The normalized spacial score (nSPS) is 11.0. The summed E-state index contributed by atoms with van der Waals surface area (Å²) in [5.74, 6) is -0.427. The third kappa shape index (κ3) is 3.13. The van der Waals surface area contributed by atoms with E-state index in [9.17, 15) is 4.79 Å². The van der Waals surface area contributed by atoms with Gasteiger partial charge in [0.05, 0.1) is 42.3 Å². The van der Waals surface area contributed by atoms with Crippen molar-refractivity contribution >= 4 is 23.4 Å². The maximum Gasteiger partial charge on any atom is 0.357 e. The molecule has 0 N–H and O–H groups in total. The predicted molar refractivity (Wildman–Crippen MR) is 81.1 cm³/mol. The molecule has 2 rings (SSSR count). The Morgan fingerprint density at radius 3 is 2.95 bits per heavy atom. The van der Waals surface area contributed by atoms with Crippen LogP contribution in [0.5, 0.6) is 0 Å². The number of thiazole rings is 1. The number of aryl methyl sites for hydroxylation is 2. The molecule has 0 atom stereocenters. The summed E-state index contributed by atoms with van der Waals surface area (Å²) in [5.41, 5.74) is 1.95. The number of aromatic nitrogens is 3. The highest BCUT2D eigenvalue weighted by atomic mass is 32.1. The first-order chi connectivity index (χ1) is 10.1. The van der Waals surface area contributed by atoms with Crippen molar-refractivity contribution in [1.82, 2.24) is 14.8 Å². The largest absolute Gasteiger partial charge is 0.501 e. The van der Waals surface area contributed by atoms with Gasteiger partial charge in [-0.2, -0.15) is 5.10 Å². The van der Waals surface area contributed by atoms with Crippen molar-refractivity contribution in [2.45, 2.75) is 13.8 Å². The molecule has 0 fully saturated rings. The Kier molecular flexibility index (Phi) is 4.74. The van der Waals surface area contributed by atoms with Crippen LogP contribution in [0.4, 0.5) is 0 Å². The van der Waals surface area contributed by atoms with Crippen LogP contribution in [0.15, 0.2) is 12.5 Å². The van der Waals surface area contributed by atoms with Crippen LogP contribution in [0.25, 0.3) is 16.6 Å². The quantitative estimate of drug-likeness (QED) is 0.627. The molecule has 0 radical (unpaired) electrons. The number of methoxy groups -OCH3 is 1. The van der Waals surface area contributed by atoms with Gasteiger partial charge in [0, 0.05) is 7.05 Å². The predicted octanol–water partition coefficient (Wildman–Crippen LogP) is 2.65. The lowest BCUT2D eigenvalue weighted by Gasteiger charge is -2.01. The second-order valence-corrected chi connectivity index (χ2v) is 5.28. The molecular formula is C14H17N3O3S. The number of ether oxygens (including phenoxy) is 2. The molecule has 0 amide bonds. The summed E-state index contributed by atoms with van der Waals surface area (Å²) in [5, 5.41) is 4.85. The molecule has 0 bridgehead atoms. The SMILES string of the molecule is CCOC=Cc1sc(-c2cnn(C)c2C(=O)OC)nc1C. The van der Waals surface area contributed by atoms with Crippen LogP contribution in [0.3, 0.4) is 0 Å². The zero-order valence-electron chi connectivity index (χ0n) is 12.4. The van der Waals surface area contributed by atoms with Crippen molar-refractivity contribution < 1.29 is 14.3 Å². The minimum atomic E-state index is -0.427. The number of carbonyl (C=O) groups is 1. The van der Waals surface area contributed by atoms with Gasteiger partial charge in [-0.1, -0.05) is 0 Å². The van der Waals surface area contributed by atoms with Gasteiger partial charge in [-0.25, -0.2) is 9.78 Å². The third-order valence-corrected chi connectivity index (χ3v) is 4.02. The van der Waals surface area contributed by atoms with Crippen molar-refractivity contribution in [3.05, 3.63) is 28.7 Å². The van der Waals surface area contributed by atoms with E-state index in [0.717, 1.165) is 15.6 Å². The molecule has 2 heterocycles. The molecule has 0 unspecified atom stereocenters. The standard InChI is InChI=1S/C14H17N3O3S/c1-5-20-7-6-11-9(2)16-13(21-11)10-8-15-17(3)12(10)14(18)19-4/h6-8H,5H2,1-4H3. The van der Waals surface area contributed by atoms with Gasteiger partial charge >= 0.3 is 5.97 Å². The molecule has 2 aromatic heterocycles. The summed E-state index contributed by atoms with van der Waals surface area (Å²) in [4.78, 5) is 17.3. The molecule has 21 heavy (non-hydrogen) atoms. The van der Waals surface area contributed by atoms with Crippen LogP contribution in [0.2, 0.25) is 0 Å². The lowest BCUT2D eigenvalue weighted by atomic mass is 10.2. The summed E-state index contributed by atoms with van der Waals surface area (Å²) in [6, 6.07) is 0. The number of esters is 1. The smallest absolute Gasteiger partial charge is 0.357 e. The minimum absolute atomic E-state index is 0.395. The number of carbonyl (C=O) groups excluding carboxylic acids is 1. The van der Waals surface area contributed by atoms with Gasteiger partial charge in [-0.3, -0.25) is 4.68 Å². The molecule has 0 aliphatic heterocycles. The second-order valence-electron chi connectivity index (χ2n) is 4.25. The summed E-state index contributed by atoms with van der Waals surface area (Å²) in [6.07, 6.45) is 5.14. The van der Waals surface area contributed by atoms with E-state index in [1.807, 2.05) is 19.9 Å². The van der Waals surface area contributed by atoms with E-state index in [1.54, 1.807) is 19.5 Å². The molecule has 2 aromatic rings. The average Bonchev–Trinajstić information content (AvgIpc) is 3.02. The van der Waals surface area contributed by atoms with Crippen molar-refractivity contribution in [3.63, 3.8) is 0 Å².